The Morgan fingerprint density at radius 3 is 2.68 bits per heavy atom. The first-order valence-electron chi connectivity index (χ1n) is 8.41. The number of nitrogens with one attached hydrogen (secondary N) is 3. The highest BCUT2D eigenvalue weighted by Crippen LogP contribution is 2.25. The van der Waals surface area contributed by atoms with E-state index in [0.717, 1.165) is 6.07 Å². The van der Waals surface area contributed by atoms with Gasteiger partial charge in [-0.1, -0.05) is 29.8 Å². The number of nitro groups is 1. The van der Waals surface area contributed by atoms with Gasteiger partial charge in [-0.3, -0.25) is 19.7 Å². The summed E-state index contributed by atoms with van der Waals surface area (Å²) < 4.78 is 0. The van der Waals surface area contributed by atoms with Crippen molar-refractivity contribution in [2.75, 3.05) is 18.4 Å². The van der Waals surface area contributed by atoms with Crippen LogP contribution >= 0.6 is 11.6 Å². The Kier molecular flexibility index (Phi) is 5.85. The highest BCUT2D eigenvalue weighted by molar-refractivity contribution is 6.32. The summed E-state index contributed by atoms with van der Waals surface area (Å²) in [5.74, 6) is 0.127. The number of aromatic nitrogens is 2. The van der Waals surface area contributed by atoms with Crippen LogP contribution in [0.15, 0.2) is 47.3 Å². The Morgan fingerprint density at radius 1 is 1.18 bits per heavy atom. The van der Waals surface area contributed by atoms with Crippen LogP contribution in [0, 0.1) is 10.1 Å². The second kappa shape index (κ2) is 8.49. The van der Waals surface area contributed by atoms with Gasteiger partial charge in [-0.05, 0) is 24.6 Å². The number of nitrogens with zero attached hydrogens (tertiary/aromatic N) is 2. The van der Waals surface area contributed by atoms with Crippen LogP contribution in [0.25, 0.3) is 10.8 Å². The molecular weight excluding hydrogens is 386 g/mol. The third kappa shape index (κ3) is 4.26. The smallest absolute Gasteiger partial charge is 0.288 e. The average molecular weight is 402 g/mol. The van der Waals surface area contributed by atoms with Crippen LogP contribution in [0.2, 0.25) is 5.02 Å². The molecule has 0 aliphatic rings. The van der Waals surface area contributed by atoms with E-state index in [0.29, 0.717) is 36.1 Å². The molecule has 0 atom stereocenters. The molecule has 28 heavy (non-hydrogen) atoms. The minimum atomic E-state index is -0.634. The van der Waals surface area contributed by atoms with Crippen molar-refractivity contribution in [3.8, 4) is 0 Å². The maximum atomic E-state index is 12.1. The lowest BCUT2D eigenvalue weighted by atomic mass is 10.2. The van der Waals surface area contributed by atoms with Crippen molar-refractivity contribution in [1.29, 1.82) is 0 Å². The maximum Gasteiger partial charge on any atom is 0.288 e. The highest BCUT2D eigenvalue weighted by atomic mass is 35.5. The number of nitro benzene ring substituents is 1. The van der Waals surface area contributed by atoms with Crippen molar-refractivity contribution in [2.45, 2.75) is 6.42 Å². The lowest BCUT2D eigenvalue weighted by molar-refractivity contribution is -0.384. The molecule has 10 heteroatoms. The lowest BCUT2D eigenvalue weighted by Crippen LogP contribution is -2.26. The van der Waals surface area contributed by atoms with E-state index in [-0.39, 0.29) is 21.8 Å². The molecular formula is C18H16ClN5O4. The van der Waals surface area contributed by atoms with E-state index >= 15 is 0 Å². The van der Waals surface area contributed by atoms with E-state index in [1.165, 1.54) is 12.1 Å². The second-order valence-corrected chi connectivity index (χ2v) is 6.31. The number of carbonyl (C=O) groups is 1. The molecule has 1 amide bonds. The number of carbonyl (C=O) groups excluding carboxylic acids is 1. The normalized spacial score (nSPS) is 10.6. The summed E-state index contributed by atoms with van der Waals surface area (Å²) in [6, 6.07) is 11.0. The summed E-state index contributed by atoms with van der Waals surface area (Å²) in [7, 11) is 0. The molecule has 0 saturated heterocycles. The average Bonchev–Trinajstić information content (AvgIpc) is 2.69. The van der Waals surface area contributed by atoms with Crippen LogP contribution in [0.4, 0.5) is 11.5 Å². The summed E-state index contributed by atoms with van der Waals surface area (Å²) in [5.41, 5.74) is -0.408. The van der Waals surface area contributed by atoms with Gasteiger partial charge in [0, 0.05) is 30.1 Å². The Balaban J connectivity index is 1.54. The van der Waals surface area contributed by atoms with Crippen LogP contribution in [-0.4, -0.2) is 34.1 Å². The van der Waals surface area contributed by atoms with E-state index in [9.17, 15) is 19.7 Å². The number of benzene rings is 2. The summed E-state index contributed by atoms with van der Waals surface area (Å²) in [4.78, 5) is 34.2. The van der Waals surface area contributed by atoms with Crippen LogP contribution in [0.5, 0.6) is 0 Å². The van der Waals surface area contributed by atoms with Crippen molar-refractivity contribution in [1.82, 2.24) is 15.5 Å². The third-order valence-electron chi connectivity index (χ3n) is 4.03. The van der Waals surface area contributed by atoms with Crippen molar-refractivity contribution in [2.24, 2.45) is 0 Å². The molecule has 0 saturated carbocycles. The Hall–Kier alpha value is -3.46. The van der Waals surface area contributed by atoms with Gasteiger partial charge in [0.15, 0.2) is 5.82 Å². The number of H-pyrrole nitrogens is 1. The molecule has 3 N–H and O–H groups in total. The number of halogens is 1. The zero-order valence-corrected chi connectivity index (χ0v) is 15.3. The van der Waals surface area contributed by atoms with Crippen LogP contribution in [0.3, 0.4) is 0 Å². The molecule has 0 radical (unpaired) electrons. The topological polar surface area (TPSA) is 130 Å². The predicted octanol–water partition coefficient (Wildman–Crippen LogP) is 2.72. The fourth-order valence-electron chi connectivity index (χ4n) is 2.64. The van der Waals surface area contributed by atoms with Gasteiger partial charge >= 0.3 is 0 Å². The molecule has 3 aromatic rings. The quantitative estimate of drug-likeness (QED) is 0.317. The van der Waals surface area contributed by atoms with Crippen molar-refractivity contribution in [3.63, 3.8) is 0 Å². The minimum absolute atomic E-state index is 0.0219. The summed E-state index contributed by atoms with van der Waals surface area (Å²) in [6.07, 6.45) is 0.580. The number of hydrogen-bond donors (Lipinski definition) is 3. The molecule has 9 nitrogen and oxygen atoms in total. The van der Waals surface area contributed by atoms with Gasteiger partial charge in [0.2, 0.25) is 0 Å². The van der Waals surface area contributed by atoms with Crippen molar-refractivity contribution >= 4 is 39.8 Å². The third-order valence-corrected chi connectivity index (χ3v) is 4.35. The van der Waals surface area contributed by atoms with Gasteiger partial charge in [0.25, 0.3) is 17.2 Å². The summed E-state index contributed by atoms with van der Waals surface area (Å²) in [5, 5.41) is 24.4. The van der Waals surface area contributed by atoms with Crippen molar-refractivity contribution < 1.29 is 9.72 Å². The number of anilines is 1. The van der Waals surface area contributed by atoms with Gasteiger partial charge in [0.1, 0.15) is 5.02 Å². The molecule has 0 fully saturated rings. The fraction of sp³-hybridized carbons (Fsp3) is 0.167. The zero-order valence-electron chi connectivity index (χ0n) is 14.6. The first kappa shape index (κ1) is 19.3. The summed E-state index contributed by atoms with van der Waals surface area (Å²) >= 11 is 5.74. The summed E-state index contributed by atoms with van der Waals surface area (Å²) in [6.45, 7) is 0.855. The predicted molar refractivity (Wildman–Crippen MR) is 106 cm³/mol. The molecule has 0 bridgehead atoms. The number of hydrogen-bond acceptors (Lipinski definition) is 6. The standard InChI is InChI=1S/C18H16ClN5O4/c19-14-7-6-11(10-15(14)24(27)28)17(25)21-9-3-8-20-16-12-4-1-2-5-13(12)18(26)23-22-16/h1-2,4-7,10H,3,8-9H2,(H,20,22)(H,21,25)(H,23,26). The zero-order chi connectivity index (χ0) is 20.1. The first-order chi connectivity index (χ1) is 13.5. The fourth-order valence-corrected chi connectivity index (χ4v) is 2.83. The van der Waals surface area contributed by atoms with E-state index in [4.69, 9.17) is 11.6 Å². The Labute approximate surface area is 163 Å². The van der Waals surface area contributed by atoms with Crippen LogP contribution in [0.1, 0.15) is 16.8 Å². The van der Waals surface area contributed by atoms with E-state index in [2.05, 4.69) is 20.8 Å². The van der Waals surface area contributed by atoms with Crippen molar-refractivity contribution in [3.05, 3.63) is 73.5 Å². The monoisotopic (exact) mass is 401 g/mol. The van der Waals surface area contributed by atoms with Gasteiger partial charge < -0.3 is 10.6 Å². The van der Waals surface area contributed by atoms with E-state index < -0.39 is 10.8 Å². The molecule has 0 aliphatic heterocycles. The number of amides is 1. The minimum Gasteiger partial charge on any atom is -0.368 e. The van der Waals surface area contributed by atoms with E-state index in [1.54, 1.807) is 18.2 Å². The van der Waals surface area contributed by atoms with Crippen LogP contribution < -0.4 is 16.2 Å². The SMILES string of the molecule is O=C(NCCCNc1n[nH]c(=O)c2ccccc12)c1ccc(Cl)c([N+](=O)[O-])c1. The molecule has 1 heterocycles. The molecule has 0 spiro atoms. The number of fused-ring (bicyclic) bond motifs is 1. The lowest BCUT2D eigenvalue weighted by Gasteiger charge is -2.09. The van der Waals surface area contributed by atoms with Gasteiger partial charge in [-0.25, -0.2) is 5.10 Å². The maximum absolute atomic E-state index is 12.1. The second-order valence-electron chi connectivity index (χ2n) is 5.91. The van der Waals surface area contributed by atoms with Crippen LogP contribution in [-0.2, 0) is 0 Å². The largest absolute Gasteiger partial charge is 0.368 e. The molecule has 0 unspecified atom stereocenters. The molecule has 2 aromatic carbocycles. The molecule has 1 aromatic heterocycles. The first-order valence-corrected chi connectivity index (χ1v) is 8.78. The van der Waals surface area contributed by atoms with Gasteiger partial charge in [-0.2, -0.15) is 5.10 Å². The van der Waals surface area contributed by atoms with Gasteiger partial charge in [-0.15, -0.1) is 0 Å². The molecule has 144 valence electrons. The number of aromatic amines is 1. The molecule has 0 aliphatic carbocycles. The number of rotatable bonds is 7. The highest BCUT2D eigenvalue weighted by Gasteiger charge is 2.16. The van der Waals surface area contributed by atoms with E-state index in [1.807, 2.05) is 6.07 Å². The molecule has 3 rings (SSSR count). The Bertz CT molecular complexity index is 1100. The Morgan fingerprint density at radius 2 is 1.93 bits per heavy atom. The van der Waals surface area contributed by atoms with Gasteiger partial charge in [0.05, 0.1) is 10.3 Å².